The lowest BCUT2D eigenvalue weighted by Crippen LogP contribution is -2.46. The van der Waals surface area contributed by atoms with E-state index in [0.29, 0.717) is 43.0 Å². The number of rotatable bonds is 4. The van der Waals surface area contributed by atoms with Crippen molar-refractivity contribution >= 4 is 17.4 Å². The van der Waals surface area contributed by atoms with Crippen LogP contribution < -0.4 is 10.2 Å². The van der Waals surface area contributed by atoms with Crippen molar-refractivity contribution in [3.8, 4) is 17.2 Å². The first-order chi connectivity index (χ1) is 17.3. The number of hydrogen-bond acceptors (Lipinski definition) is 5. The molecule has 8 heteroatoms. The third-order valence-electron chi connectivity index (χ3n) is 7.79. The SMILES string of the molecule is CC(=O)N1CCC(NC2CCCC2)=C(C(=N)N2CC(C)Cc3cc(-c4cnn(C)c4)c(C#N)cc32)C1. The zero-order valence-electron chi connectivity index (χ0n) is 21.5. The van der Waals surface area contributed by atoms with Gasteiger partial charge in [0.15, 0.2) is 0 Å². The number of anilines is 1. The van der Waals surface area contributed by atoms with Crippen LogP contribution in [-0.2, 0) is 18.3 Å². The van der Waals surface area contributed by atoms with E-state index in [-0.39, 0.29) is 5.91 Å². The molecule has 8 nitrogen and oxygen atoms in total. The van der Waals surface area contributed by atoms with Crippen molar-refractivity contribution in [2.24, 2.45) is 13.0 Å². The molecule has 0 bridgehead atoms. The fourth-order valence-corrected chi connectivity index (χ4v) is 5.89. The van der Waals surface area contributed by atoms with Crippen LogP contribution in [0.5, 0.6) is 0 Å². The number of aryl methyl sites for hydroxylation is 1. The van der Waals surface area contributed by atoms with Crippen LogP contribution in [0.15, 0.2) is 35.8 Å². The van der Waals surface area contributed by atoms with E-state index < -0.39 is 0 Å². The van der Waals surface area contributed by atoms with Crippen molar-refractivity contribution in [2.75, 3.05) is 24.5 Å². The predicted octanol–water partition coefficient (Wildman–Crippen LogP) is 3.97. The summed E-state index contributed by atoms with van der Waals surface area (Å²) in [6.07, 6.45) is 10.2. The Morgan fingerprint density at radius 3 is 2.72 bits per heavy atom. The number of hydrogen-bond donors (Lipinski definition) is 2. The van der Waals surface area contributed by atoms with E-state index >= 15 is 0 Å². The third-order valence-corrected chi connectivity index (χ3v) is 7.79. The summed E-state index contributed by atoms with van der Waals surface area (Å²) < 4.78 is 1.75. The first-order valence-electron chi connectivity index (χ1n) is 13.0. The smallest absolute Gasteiger partial charge is 0.219 e. The van der Waals surface area contributed by atoms with Crippen LogP contribution >= 0.6 is 0 Å². The van der Waals surface area contributed by atoms with Crippen LogP contribution in [0, 0.1) is 22.7 Å². The second kappa shape index (κ2) is 9.81. The molecule has 0 saturated heterocycles. The molecule has 0 spiro atoms. The normalized spacial score (nSPS) is 20.3. The Kier molecular flexibility index (Phi) is 6.57. The molecule has 1 aromatic carbocycles. The summed E-state index contributed by atoms with van der Waals surface area (Å²) >= 11 is 0. The molecule has 2 aromatic rings. The molecule has 1 saturated carbocycles. The first-order valence-corrected chi connectivity index (χ1v) is 13.0. The second-order valence-corrected chi connectivity index (χ2v) is 10.6. The number of benzene rings is 1. The van der Waals surface area contributed by atoms with E-state index in [4.69, 9.17) is 0 Å². The van der Waals surface area contributed by atoms with Crippen molar-refractivity contribution in [1.82, 2.24) is 20.0 Å². The quantitative estimate of drug-likeness (QED) is 0.504. The maximum atomic E-state index is 12.3. The van der Waals surface area contributed by atoms with Gasteiger partial charge in [0.25, 0.3) is 0 Å². The Bertz CT molecular complexity index is 1260. The van der Waals surface area contributed by atoms with Crippen LogP contribution in [0.3, 0.4) is 0 Å². The van der Waals surface area contributed by atoms with Gasteiger partial charge in [-0.25, -0.2) is 0 Å². The van der Waals surface area contributed by atoms with E-state index in [1.54, 1.807) is 17.8 Å². The number of fused-ring (bicyclic) bond motifs is 1. The molecule has 2 aliphatic heterocycles. The molecule has 1 aromatic heterocycles. The van der Waals surface area contributed by atoms with Gasteiger partial charge in [-0.3, -0.25) is 14.9 Å². The molecule has 1 unspecified atom stereocenters. The number of nitrogens with one attached hydrogen (secondary N) is 2. The zero-order valence-corrected chi connectivity index (χ0v) is 21.5. The van der Waals surface area contributed by atoms with E-state index in [2.05, 4.69) is 34.4 Å². The summed E-state index contributed by atoms with van der Waals surface area (Å²) in [7, 11) is 1.87. The van der Waals surface area contributed by atoms with Gasteiger partial charge >= 0.3 is 0 Å². The van der Waals surface area contributed by atoms with Gasteiger partial charge in [-0.2, -0.15) is 10.4 Å². The summed E-state index contributed by atoms with van der Waals surface area (Å²) in [5.41, 5.74) is 6.47. The van der Waals surface area contributed by atoms with Crippen molar-refractivity contribution in [2.45, 2.75) is 58.4 Å². The average Bonchev–Trinajstić information content (AvgIpc) is 3.54. The maximum absolute atomic E-state index is 12.3. The van der Waals surface area contributed by atoms with Crippen LogP contribution in [0.2, 0.25) is 0 Å². The highest BCUT2D eigenvalue weighted by Crippen LogP contribution is 2.37. The van der Waals surface area contributed by atoms with Crippen LogP contribution in [0.25, 0.3) is 11.1 Å². The minimum absolute atomic E-state index is 0.0421. The number of aromatic nitrogens is 2. The molecule has 5 rings (SSSR count). The molecule has 1 amide bonds. The molecule has 1 atom stereocenters. The highest BCUT2D eigenvalue weighted by molar-refractivity contribution is 6.09. The van der Waals surface area contributed by atoms with Gasteiger partial charge in [0.05, 0.1) is 24.4 Å². The van der Waals surface area contributed by atoms with Gasteiger partial charge in [-0.15, -0.1) is 0 Å². The fourth-order valence-electron chi connectivity index (χ4n) is 5.89. The molecule has 3 heterocycles. The highest BCUT2D eigenvalue weighted by atomic mass is 16.2. The molecular formula is C28H35N7O. The minimum atomic E-state index is 0.0421. The topological polar surface area (TPSA) is 101 Å². The fraction of sp³-hybridized carbons (Fsp3) is 0.500. The number of nitrogens with zero attached hydrogens (tertiary/aromatic N) is 5. The summed E-state index contributed by atoms with van der Waals surface area (Å²) in [6, 6.07) is 6.87. The Labute approximate surface area is 213 Å². The number of amidine groups is 1. The number of carbonyl (C=O) groups is 1. The minimum Gasteiger partial charge on any atom is -0.385 e. The maximum Gasteiger partial charge on any atom is 0.219 e. The Hall–Kier alpha value is -3.60. The van der Waals surface area contributed by atoms with Crippen molar-refractivity contribution < 1.29 is 4.79 Å². The number of nitriles is 1. The first kappa shape index (κ1) is 24.1. The lowest BCUT2D eigenvalue weighted by molar-refractivity contribution is -0.128. The van der Waals surface area contributed by atoms with E-state index in [1.807, 2.05) is 24.2 Å². The van der Waals surface area contributed by atoms with Gasteiger partial charge in [-0.1, -0.05) is 19.8 Å². The van der Waals surface area contributed by atoms with E-state index in [1.165, 1.54) is 12.8 Å². The van der Waals surface area contributed by atoms with Gasteiger partial charge in [0.1, 0.15) is 5.84 Å². The molecule has 36 heavy (non-hydrogen) atoms. The number of carbonyl (C=O) groups excluding carboxylic acids is 1. The summed E-state index contributed by atoms with van der Waals surface area (Å²) in [6.45, 7) is 5.65. The average molecular weight is 486 g/mol. The molecule has 3 aliphatic rings. The van der Waals surface area contributed by atoms with Gasteiger partial charge in [0.2, 0.25) is 5.91 Å². The predicted molar refractivity (Wildman–Crippen MR) is 141 cm³/mol. The lowest BCUT2D eigenvalue weighted by Gasteiger charge is -2.39. The van der Waals surface area contributed by atoms with Gasteiger partial charge in [0, 0.05) is 73.8 Å². The van der Waals surface area contributed by atoms with E-state index in [9.17, 15) is 15.5 Å². The largest absolute Gasteiger partial charge is 0.385 e. The molecule has 1 fully saturated rings. The third kappa shape index (κ3) is 4.62. The van der Waals surface area contributed by atoms with Crippen LogP contribution in [0.4, 0.5) is 5.69 Å². The standard InChI is InChI=1S/C28H35N7O/c1-18-10-20-11-24(22-14-31-33(3)16-22)21(13-29)12-27(20)35(15-18)28(30)25-17-34(19(2)36)9-8-26(25)32-23-6-4-5-7-23/h11-12,14,16,18,23,30,32H,4-10,15,17H2,1-3H3. The molecule has 188 valence electrons. The van der Waals surface area contributed by atoms with E-state index in [0.717, 1.165) is 59.3 Å². The monoisotopic (exact) mass is 485 g/mol. The highest BCUT2D eigenvalue weighted by Gasteiger charge is 2.32. The summed E-state index contributed by atoms with van der Waals surface area (Å²) in [5.74, 6) is 0.833. The summed E-state index contributed by atoms with van der Waals surface area (Å²) in [4.78, 5) is 16.2. The zero-order chi connectivity index (χ0) is 25.4. The summed E-state index contributed by atoms with van der Waals surface area (Å²) in [5, 5.41) is 27.4. The van der Waals surface area contributed by atoms with Crippen LogP contribution in [0.1, 0.15) is 57.1 Å². The van der Waals surface area contributed by atoms with Crippen molar-refractivity contribution in [1.29, 1.82) is 10.7 Å². The molecular weight excluding hydrogens is 450 g/mol. The molecule has 2 N–H and O–H groups in total. The van der Waals surface area contributed by atoms with Gasteiger partial charge in [-0.05, 0) is 42.9 Å². The van der Waals surface area contributed by atoms with Crippen LogP contribution in [-0.4, -0.2) is 52.1 Å². The van der Waals surface area contributed by atoms with Crippen molar-refractivity contribution in [3.63, 3.8) is 0 Å². The Balaban J connectivity index is 1.54. The Morgan fingerprint density at radius 2 is 2.06 bits per heavy atom. The molecule has 1 aliphatic carbocycles. The van der Waals surface area contributed by atoms with Gasteiger partial charge < -0.3 is 15.1 Å². The molecule has 0 radical (unpaired) electrons. The second-order valence-electron chi connectivity index (χ2n) is 10.6. The lowest BCUT2D eigenvalue weighted by atomic mass is 9.88. The van der Waals surface area contributed by atoms with Crippen molar-refractivity contribution in [3.05, 3.63) is 46.9 Å². The Morgan fingerprint density at radius 1 is 1.28 bits per heavy atom. The number of amides is 1.